The molecule has 38 heavy (non-hydrogen) atoms. The summed E-state index contributed by atoms with van der Waals surface area (Å²) in [6.45, 7) is 11.7. The number of halogens is 1. The molecule has 6 unspecified atom stereocenters. The summed E-state index contributed by atoms with van der Waals surface area (Å²) in [6.07, 6.45) is 10.0. The Hall–Kier alpha value is -0.620. The molecule has 5 rings (SSSR count). The number of rotatable bonds is 7. The molecule has 0 bridgehead atoms. The quantitative estimate of drug-likeness (QED) is 0.354. The molecule has 1 aromatic rings. The molecule has 1 heterocycles. The van der Waals surface area contributed by atoms with Crippen molar-refractivity contribution >= 4 is 28.8 Å². The summed E-state index contributed by atoms with van der Waals surface area (Å²) in [5, 5.41) is 14.9. The average Bonchev–Trinajstić information content (AvgIpc) is 3.45. The third-order valence-corrected chi connectivity index (χ3v) is 13.4. The van der Waals surface area contributed by atoms with E-state index in [1.807, 2.05) is 19.2 Å². The Bertz CT molecular complexity index is 997. The Kier molecular flexibility index (Phi) is 8.35. The van der Waals surface area contributed by atoms with Crippen molar-refractivity contribution < 1.29 is 14.6 Å². The molecule has 1 amide bonds. The highest BCUT2D eigenvalue weighted by atomic mass is 35.5. The lowest BCUT2D eigenvalue weighted by Gasteiger charge is -2.62. The molecule has 2 N–H and O–H groups in total. The van der Waals surface area contributed by atoms with Gasteiger partial charge in [-0.3, -0.25) is 4.79 Å². The minimum atomic E-state index is -0.194. The van der Waals surface area contributed by atoms with Gasteiger partial charge in [0.25, 0.3) is 0 Å². The second-order valence-corrected chi connectivity index (χ2v) is 16.0. The maximum Gasteiger partial charge on any atom is 0.220 e. The molecule has 214 valence electrons. The zero-order chi connectivity index (χ0) is 27.4. The monoisotopic (exact) mass is 563 g/mol. The van der Waals surface area contributed by atoms with Crippen molar-refractivity contribution in [2.45, 2.75) is 111 Å². The van der Waals surface area contributed by atoms with Gasteiger partial charge in [0.05, 0.1) is 22.6 Å². The van der Waals surface area contributed by atoms with Gasteiger partial charge < -0.3 is 15.2 Å². The van der Waals surface area contributed by atoms with Crippen molar-refractivity contribution in [1.29, 1.82) is 0 Å². The Morgan fingerprint density at radius 3 is 2.47 bits per heavy atom. The summed E-state index contributed by atoms with van der Waals surface area (Å²) in [6, 6.07) is 3.98. The summed E-state index contributed by atoms with van der Waals surface area (Å²) in [4.78, 5) is 14.4. The van der Waals surface area contributed by atoms with Crippen molar-refractivity contribution in [1.82, 2.24) is 5.32 Å². The summed E-state index contributed by atoms with van der Waals surface area (Å²) < 4.78 is 6.53. The number of aliphatic hydroxyl groups excluding tert-OH is 1. The van der Waals surface area contributed by atoms with Crippen LogP contribution in [0.1, 0.15) is 103 Å². The molecule has 11 atom stereocenters. The van der Waals surface area contributed by atoms with E-state index >= 15 is 0 Å². The van der Waals surface area contributed by atoms with Gasteiger partial charge in [-0.25, -0.2) is 0 Å². The van der Waals surface area contributed by atoms with Crippen LogP contribution in [-0.4, -0.2) is 30.3 Å². The molecule has 1 aromatic heterocycles. The predicted octanol–water partition coefficient (Wildman–Crippen LogP) is 7.89. The average molecular weight is 564 g/mol. The number of nitrogens with one attached hydrogen (secondary N) is 1. The van der Waals surface area contributed by atoms with Crippen LogP contribution in [0.15, 0.2) is 12.1 Å². The first-order valence-corrected chi connectivity index (χ1v) is 16.4. The van der Waals surface area contributed by atoms with E-state index in [0.29, 0.717) is 59.4 Å². The smallest absolute Gasteiger partial charge is 0.220 e. The molecule has 0 aromatic carbocycles. The highest BCUT2D eigenvalue weighted by molar-refractivity contribution is 7.16. The number of hydrogen-bond donors (Lipinski definition) is 2. The minimum Gasteiger partial charge on any atom is -0.393 e. The number of fused-ring (bicyclic) bond motifs is 5. The third kappa shape index (κ3) is 5.01. The van der Waals surface area contributed by atoms with Gasteiger partial charge in [0.1, 0.15) is 0 Å². The maximum absolute atomic E-state index is 13.3. The first-order valence-electron chi connectivity index (χ1n) is 15.2. The normalized spacial score (nSPS) is 42.2. The van der Waals surface area contributed by atoms with Gasteiger partial charge in [0.15, 0.2) is 0 Å². The highest BCUT2D eigenvalue weighted by Crippen LogP contribution is 2.68. The molecule has 4 saturated carbocycles. The zero-order valence-electron chi connectivity index (χ0n) is 24.3. The van der Waals surface area contributed by atoms with Gasteiger partial charge in [0.2, 0.25) is 5.91 Å². The molecule has 0 aliphatic heterocycles. The van der Waals surface area contributed by atoms with Crippen molar-refractivity contribution in [3.63, 3.8) is 0 Å². The largest absolute Gasteiger partial charge is 0.393 e. The van der Waals surface area contributed by atoms with Crippen LogP contribution in [0.4, 0.5) is 0 Å². The third-order valence-electron chi connectivity index (χ3n) is 12.1. The van der Waals surface area contributed by atoms with Crippen LogP contribution >= 0.6 is 22.9 Å². The van der Waals surface area contributed by atoms with Crippen molar-refractivity contribution in [3.05, 3.63) is 21.3 Å². The first-order chi connectivity index (χ1) is 18.0. The van der Waals surface area contributed by atoms with Gasteiger partial charge in [-0.15, -0.1) is 11.3 Å². The van der Waals surface area contributed by atoms with Crippen LogP contribution in [0.25, 0.3) is 0 Å². The number of carbonyl (C=O) groups excluding carboxylic acids is 1. The molecule has 0 spiro atoms. The lowest BCUT2D eigenvalue weighted by Crippen LogP contribution is -2.58. The molecule has 6 heteroatoms. The summed E-state index contributed by atoms with van der Waals surface area (Å²) in [5.74, 6) is 3.52. The highest BCUT2D eigenvalue weighted by Gasteiger charge is 2.63. The van der Waals surface area contributed by atoms with E-state index in [1.54, 1.807) is 11.3 Å². The summed E-state index contributed by atoms with van der Waals surface area (Å²) in [5.41, 5.74) is 0.549. The Morgan fingerprint density at radius 1 is 1.11 bits per heavy atom. The van der Waals surface area contributed by atoms with E-state index in [4.69, 9.17) is 16.3 Å². The SMILES string of the molecule is CO[C@@H]1CCC2(C)C(C1)C[C@@H](O)C1[C@@H]2CCC2(C)C([C@H](C)CC(=O)NC(c3ccc(Cl)s3)C(C)C)CC[C@@H]12. The van der Waals surface area contributed by atoms with Crippen LogP contribution in [0.3, 0.4) is 0 Å². The van der Waals surface area contributed by atoms with Crippen LogP contribution in [-0.2, 0) is 9.53 Å². The molecule has 4 fully saturated rings. The van der Waals surface area contributed by atoms with Gasteiger partial charge in [-0.1, -0.05) is 46.2 Å². The Morgan fingerprint density at radius 2 is 1.82 bits per heavy atom. The molecular weight excluding hydrogens is 514 g/mol. The fraction of sp³-hybridized carbons (Fsp3) is 0.844. The minimum absolute atomic E-state index is 0.00817. The molecule has 4 nitrogen and oxygen atoms in total. The van der Waals surface area contributed by atoms with E-state index < -0.39 is 0 Å². The van der Waals surface area contributed by atoms with Crippen molar-refractivity contribution in [2.75, 3.05) is 7.11 Å². The number of ether oxygens (including phenoxy) is 1. The summed E-state index contributed by atoms with van der Waals surface area (Å²) in [7, 11) is 1.85. The number of thiophene rings is 1. The van der Waals surface area contributed by atoms with Crippen molar-refractivity contribution in [2.24, 2.45) is 52.3 Å². The standard InChI is InChI=1S/C32H50ClNO3S/c1-18(2)30(26-9-10-27(33)38-26)34-28(36)15-19(3)22-7-8-23-29-24(12-14-32(22,23)5)31(4)13-11-21(37-6)16-20(31)17-25(29)35/h9-10,18-25,29-30,35H,7-8,11-17H2,1-6H3,(H,34,36)/t19-,20?,21-,22?,23+,24+,25-,29?,30?,31?,32?/m1/s1. The predicted molar refractivity (Wildman–Crippen MR) is 156 cm³/mol. The van der Waals surface area contributed by atoms with Crippen LogP contribution in [0.5, 0.6) is 0 Å². The van der Waals surface area contributed by atoms with E-state index in [0.717, 1.165) is 28.5 Å². The van der Waals surface area contributed by atoms with Crippen LogP contribution in [0, 0.1) is 52.3 Å². The van der Waals surface area contributed by atoms with Gasteiger partial charge in [0, 0.05) is 18.4 Å². The molecule has 4 aliphatic carbocycles. The fourth-order valence-corrected chi connectivity index (χ4v) is 11.4. The second kappa shape index (κ2) is 11.0. The number of carbonyl (C=O) groups is 1. The van der Waals surface area contributed by atoms with Crippen molar-refractivity contribution in [3.8, 4) is 0 Å². The molecule has 0 radical (unpaired) electrons. The van der Waals surface area contributed by atoms with E-state index in [2.05, 4.69) is 39.9 Å². The lowest BCUT2D eigenvalue weighted by atomic mass is 9.43. The van der Waals surface area contributed by atoms with Crippen LogP contribution < -0.4 is 5.32 Å². The Labute approximate surface area is 239 Å². The lowest BCUT2D eigenvalue weighted by molar-refractivity contribution is -0.176. The zero-order valence-corrected chi connectivity index (χ0v) is 25.9. The van der Waals surface area contributed by atoms with Gasteiger partial charge >= 0.3 is 0 Å². The second-order valence-electron chi connectivity index (χ2n) is 14.3. The number of amides is 1. The maximum atomic E-state index is 13.3. The number of methoxy groups -OCH3 is 1. The molecular formula is C32H50ClNO3S. The number of aliphatic hydroxyl groups is 1. The topological polar surface area (TPSA) is 58.6 Å². The molecule has 0 saturated heterocycles. The van der Waals surface area contributed by atoms with E-state index in [-0.39, 0.29) is 23.5 Å². The number of hydrogen-bond acceptors (Lipinski definition) is 4. The summed E-state index contributed by atoms with van der Waals surface area (Å²) >= 11 is 7.76. The first kappa shape index (κ1) is 28.9. The van der Waals surface area contributed by atoms with Gasteiger partial charge in [-0.2, -0.15) is 0 Å². The van der Waals surface area contributed by atoms with E-state index in [9.17, 15) is 9.90 Å². The van der Waals surface area contributed by atoms with E-state index in [1.165, 1.54) is 32.1 Å². The Balaban J connectivity index is 1.27. The molecule has 4 aliphatic rings. The van der Waals surface area contributed by atoms with Crippen LogP contribution in [0.2, 0.25) is 4.34 Å². The fourth-order valence-electron chi connectivity index (χ4n) is 10.1. The van der Waals surface area contributed by atoms with Gasteiger partial charge in [-0.05, 0) is 116 Å².